The summed E-state index contributed by atoms with van der Waals surface area (Å²) in [6.45, 7) is 6.98. The van der Waals surface area contributed by atoms with Gasteiger partial charge in [0.25, 0.3) is 11.7 Å². The molecule has 4 rings (SSSR count). The van der Waals surface area contributed by atoms with Crippen molar-refractivity contribution >= 4 is 28.8 Å². The molecule has 3 aromatic heterocycles. The summed E-state index contributed by atoms with van der Waals surface area (Å²) in [6, 6.07) is 5.95. The van der Waals surface area contributed by atoms with Crippen molar-refractivity contribution < 1.29 is 4.79 Å². The van der Waals surface area contributed by atoms with E-state index in [0.29, 0.717) is 18.9 Å². The molecule has 4 heterocycles. The summed E-state index contributed by atoms with van der Waals surface area (Å²) in [6.07, 6.45) is 1.67. The molecule has 0 radical (unpaired) electrons. The lowest BCUT2D eigenvalue weighted by Gasteiger charge is -2.35. The van der Waals surface area contributed by atoms with E-state index in [1.165, 1.54) is 4.88 Å². The first-order chi connectivity index (χ1) is 11.6. The fourth-order valence-corrected chi connectivity index (χ4v) is 3.79. The molecular formula is C16H18N6OS. The van der Waals surface area contributed by atoms with Crippen molar-refractivity contribution in [1.29, 1.82) is 0 Å². The molecule has 7 nitrogen and oxygen atoms in total. The first-order valence-electron chi connectivity index (χ1n) is 7.90. The molecule has 0 bridgehead atoms. The van der Waals surface area contributed by atoms with Gasteiger partial charge in [0, 0.05) is 42.8 Å². The van der Waals surface area contributed by atoms with Crippen LogP contribution in [0.5, 0.6) is 0 Å². The molecule has 1 fully saturated rings. The molecule has 24 heavy (non-hydrogen) atoms. The molecule has 3 aromatic rings. The number of aryl methyl sites for hydroxylation is 2. The van der Waals surface area contributed by atoms with Crippen molar-refractivity contribution in [2.45, 2.75) is 13.8 Å². The maximum absolute atomic E-state index is 12.5. The Morgan fingerprint density at radius 1 is 1.17 bits per heavy atom. The number of carbonyl (C=O) groups is 1. The van der Waals surface area contributed by atoms with Gasteiger partial charge in [-0.05, 0) is 26.0 Å². The van der Waals surface area contributed by atoms with E-state index in [0.717, 1.165) is 29.5 Å². The minimum absolute atomic E-state index is 0.129. The Morgan fingerprint density at radius 3 is 2.67 bits per heavy atom. The topological polar surface area (TPSA) is 66.6 Å². The normalized spacial score (nSPS) is 15.2. The van der Waals surface area contributed by atoms with Crippen LogP contribution in [-0.2, 0) is 0 Å². The quantitative estimate of drug-likeness (QED) is 0.710. The number of hydrogen-bond donors (Lipinski definition) is 0. The van der Waals surface area contributed by atoms with Crippen LogP contribution >= 0.6 is 11.3 Å². The van der Waals surface area contributed by atoms with Crippen molar-refractivity contribution in [2.75, 3.05) is 31.1 Å². The van der Waals surface area contributed by atoms with Crippen LogP contribution in [0, 0.1) is 13.8 Å². The molecule has 0 saturated carbocycles. The van der Waals surface area contributed by atoms with Crippen molar-refractivity contribution in [3.63, 3.8) is 0 Å². The maximum atomic E-state index is 12.5. The lowest BCUT2D eigenvalue weighted by Crippen LogP contribution is -2.49. The number of rotatable bonds is 2. The highest BCUT2D eigenvalue weighted by Crippen LogP contribution is 2.20. The van der Waals surface area contributed by atoms with Gasteiger partial charge in [-0.2, -0.15) is 4.98 Å². The summed E-state index contributed by atoms with van der Waals surface area (Å²) in [4.78, 5) is 23.2. The van der Waals surface area contributed by atoms with E-state index in [1.54, 1.807) is 17.7 Å². The third-order valence-electron chi connectivity index (χ3n) is 4.30. The lowest BCUT2D eigenvalue weighted by molar-refractivity contribution is 0.0751. The number of anilines is 1. The molecule has 1 aliphatic rings. The fraction of sp³-hybridized carbons (Fsp3) is 0.375. The maximum Gasteiger partial charge on any atom is 0.264 e. The number of hydrogen-bond acceptors (Lipinski definition) is 6. The van der Waals surface area contributed by atoms with Gasteiger partial charge in [-0.3, -0.25) is 9.20 Å². The molecular weight excluding hydrogens is 324 g/mol. The third-order valence-corrected chi connectivity index (χ3v) is 5.29. The van der Waals surface area contributed by atoms with Gasteiger partial charge < -0.3 is 9.80 Å². The van der Waals surface area contributed by atoms with E-state index in [2.05, 4.69) is 20.1 Å². The molecule has 0 aliphatic carbocycles. The van der Waals surface area contributed by atoms with Gasteiger partial charge in [0.05, 0.1) is 4.88 Å². The van der Waals surface area contributed by atoms with Crippen LogP contribution in [0.4, 0.5) is 5.82 Å². The van der Waals surface area contributed by atoms with Crippen molar-refractivity contribution in [3.8, 4) is 0 Å². The molecule has 1 aliphatic heterocycles. The highest BCUT2D eigenvalue weighted by Gasteiger charge is 2.24. The molecule has 124 valence electrons. The average Bonchev–Trinajstić information content (AvgIpc) is 3.23. The van der Waals surface area contributed by atoms with E-state index in [1.807, 2.05) is 41.3 Å². The summed E-state index contributed by atoms with van der Waals surface area (Å²) in [5.41, 5.74) is 1.05. The molecule has 0 aromatic carbocycles. The Labute approximate surface area is 143 Å². The largest absolute Gasteiger partial charge is 0.353 e. The average molecular weight is 342 g/mol. The van der Waals surface area contributed by atoms with E-state index < -0.39 is 0 Å². The van der Waals surface area contributed by atoms with Crippen LogP contribution < -0.4 is 4.90 Å². The van der Waals surface area contributed by atoms with Crippen molar-refractivity contribution in [1.82, 2.24) is 24.5 Å². The molecule has 8 heteroatoms. The standard InChI is InChI=1S/C16H18N6OS/c1-11-9-14(18-16-19-17-10-22(11)16)20-5-7-21(8-6-20)15(23)13-4-3-12(2)24-13/h3-4,9-10H,5-8H2,1-2H3. The van der Waals surface area contributed by atoms with Gasteiger partial charge >= 0.3 is 0 Å². The van der Waals surface area contributed by atoms with Crippen LogP contribution in [-0.4, -0.2) is 56.6 Å². The second-order valence-electron chi connectivity index (χ2n) is 5.95. The number of nitrogens with zero attached hydrogens (tertiary/aromatic N) is 6. The smallest absolute Gasteiger partial charge is 0.264 e. The van der Waals surface area contributed by atoms with E-state index in [-0.39, 0.29) is 5.91 Å². The van der Waals surface area contributed by atoms with Gasteiger partial charge in [-0.1, -0.05) is 0 Å². The van der Waals surface area contributed by atoms with E-state index in [9.17, 15) is 4.79 Å². The first-order valence-corrected chi connectivity index (χ1v) is 8.71. The minimum Gasteiger partial charge on any atom is -0.353 e. The zero-order valence-corrected chi connectivity index (χ0v) is 14.5. The zero-order valence-electron chi connectivity index (χ0n) is 13.6. The highest BCUT2D eigenvalue weighted by molar-refractivity contribution is 7.13. The van der Waals surface area contributed by atoms with Gasteiger partial charge in [0.15, 0.2) is 0 Å². The highest BCUT2D eigenvalue weighted by atomic mass is 32.1. The molecule has 1 amide bonds. The third kappa shape index (κ3) is 2.62. The number of fused-ring (bicyclic) bond motifs is 1. The predicted octanol–water partition coefficient (Wildman–Crippen LogP) is 1.77. The fourth-order valence-electron chi connectivity index (χ4n) is 2.95. The van der Waals surface area contributed by atoms with Crippen LogP contribution in [0.25, 0.3) is 5.78 Å². The second kappa shape index (κ2) is 5.86. The van der Waals surface area contributed by atoms with Crippen LogP contribution in [0.15, 0.2) is 24.5 Å². The molecule has 0 atom stereocenters. The van der Waals surface area contributed by atoms with Crippen LogP contribution in [0.1, 0.15) is 20.2 Å². The molecule has 0 unspecified atom stereocenters. The van der Waals surface area contributed by atoms with E-state index in [4.69, 9.17) is 0 Å². The Kier molecular flexibility index (Phi) is 3.68. The molecule has 1 saturated heterocycles. The minimum atomic E-state index is 0.129. The molecule has 0 spiro atoms. The number of thiophene rings is 1. The summed E-state index contributed by atoms with van der Waals surface area (Å²) < 4.78 is 1.86. The van der Waals surface area contributed by atoms with Gasteiger partial charge in [0.2, 0.25) is 0 Å². The van der Waals surface area contributed by atoms with Gasteiger partial charge in [-0.15, -0.1) is 21.5 Å². The Hall–Kier alpha value is -2.48. The van der Waals surface area contributed by atoms with Crippen molar-refractivity contribution in [2.24, 2.45) is 0 Å². The zero-order chi connectivity index (χ0) is 16.7. The molecule has 0 N–H and O–H groups in total. The summed E-state index contributed by atoms with van der Waals surface area (Å²) in [5, 5.41) is 7.93. The Morgan fingerprint density at radius 2 is 1.96 bits per heavy atom. The SMILES string of the molecule is Cc1ccc(C(=O)N2CCN(c3cc(C)n4cnnc4n3)CC2)s1. The van der Waals surface area contributed by atoms with Crippen LogP contribution in [0.2, 0.25) is 0 Å². The Bertz CT molecular complexity index is 893. The van der Waals surface area contributed by atoms with Crippen LogP contribution in [0.3, 0.4) is 0 Å². The summed E-state index contributed by atoms with van der Waals surface area (Å²) >= 11 is 1.56. The number of amides is 1. The number of piperazine rings is 1. The van der Waals surface area contributed by atoms with Gasteiger partial charge in [0.1, 0.15) is 12.1 Å². The van der Waals surface area contributed by atoms with E-state index >= 15 is 0 Å². The Balaban J connectivity index is 1.48. The number of carbonyl (C=O) groups excluding carboxylic acids is 1. The monoisotopic (exact) mass is 342 g/mol. The van der Waals surface area contributed by atoms with Gasteiger partial charge in [-0.25, -0.2) is 0 Å². The number of aromatic nitrogens is 4. The summed E-state index contributed by atoms with van der Waals surface area (Å²) in [5.74, 6) is 1.63. The summed E-state index contributed by atoms with van der Waals surface area (Å²) in [7, 11) is 0. The predicted molar refractivity (Wildman–Crippen MR) is 92.7 cm³/mol. The van der Waals surface area contributed by atoms with Crippen molar-refractivity contribution in [3.05, 3.63) is 40.0 Å². The lowest BCUT2D eigenvalue weighted by atomic mass is 10.2. The first kappa shape index (κ1) is 15.1. The second-order valence-corrected chi connectivity index (χ2v) is 7.23.